The van der Waals surface area contributed by atoms with E-state index in [4.69, 9.17) is 5.73 Å². The highest BCUT2D eigenvalue weighted by atomic mass is 32.2. The number of hydrogen-bond acceptors (Lipinski definition) is 7. The van der Waals surface area contributed by atoms with Gasteiger partial charge in [-0.2, -0.15) is 0 Å². The van der Waals surface area contributed by atoms with Crippen LogP contribution in [0.25, 0.3) is 0 Å². The smallest absolute Gasteiger partial charge is 0.227 e. The van der Waals surface area contributed by atoms with Gasteiger partial charge in [0, 0.05) is 25.4 Å². The number of Topliss-reactive ketones (excluding diaryl/α,β-unsaturated/α-hetero) is 1. The number of nitrogens with one attached hydrogen (secondary N) is 1. The fourth-order valence-electron chi connectivity index (χ4n) is 3.60. The van der Waals surface area contributed by atoms with Gasteiger partial charge < -0.3 is 16.0 Å². The zero-order valence-corrected chi connectivity index (χ0v) is 15.4. The molecular formula is C17H21N4O5S. The molecule has 10 heteroatoms. The average Bonchev–Trinajstić information content (AvgIpc) is 3.16. The molecule has 0 bridgehead atoms. The molecule has 145 valence electrons. The highest BCUT2D eigenvalue weighted by Gasteiger charge is 2.54. The number of rotatable bonds is 7. The van der Waals surface area contributed by atoms with E-state index in [9.17, 15) is 22.8 Å². The van der Waals surface area contributed by atoms with Crippen molar-refractivity contribution < 1.29 is 22.8 Å². The highest BCUT2D eigenvalue weighted by molar-refractivity contribution is 7.91. The Morgan fingerprint density at radius 3 is 2.85 bits per heavy atom. The molecule has 3 atom stereocenters. The summed E-state index contributed by atoms with van der Waals surface area (Å²) in [6.45, 7) is -0.0398. The molecule has 2 saturated heterocycles. The number of aromatic nitrogens is 1. The van der Waals surface area contributed by atoms with E-state index in [0.29, 0.717) is 5.56 Å². The number of nitrogens with two attached hydrogens (primary N) is 1. The van der Waals surface area contributed by atoms with E-state index in [0.717, 1.165) is 0 Å². The van der Waals surface area contributed by atoms with Crippen molar-refractivity contribution >= 4 is 27.4 Å². The summed E-state index contributed by atoms with van der Waals surface area (Å²) in [6, 6.07) is 1.89. The van der Waals surface area contributed by atoms with Gasteiger partial charge >= 0.3 is 0 Å². The van der Waals surface area contributed by atoms with Gasteiger partial charge in [0.15, 0.2) is 15.6 Å². The normalized spacial score (nSPS) is 24.8. The Labute approximate surface area is 157 Å². The quantitative estimate of drug-likeness (QED) is 0.580. The largest absolute Gasteiger partial charge is 0.370 e. The molecule has 27 heavy (non-hydrogen) atoms. The zero-order chi connectivity index (χ0) is 19.6. The van der Waals surface area contributed by atoms with Crippen LogP contribution < -0.4 is 11.1 Å². The first-order valence-corrected chi connectivity index (χ1v) is 10.3. The molecule has 2 aliphatic rings. The summed E-state index contributed by atoms with van der Waals surface area (Å²) in [7, 11) is -3.63. The summed E-state index contributed by atoms with van der Waals surface area (Å²) in [6.07, 6.45) is 4.49. The number of carbonyl (C=O) groups is 3. The van der Waals surface area contributed by atoms with Gasteiger partial charge in [0.2, 0.25) is 11.8 Å². The van der Waals surface area contributed by atoms with Gasteiger partial charge in [0.05, 0.1) is 30.0 Å². The van der Waals surface area contributed by atoms with E-state index in [1.165, 1.54) is 17.5 Å². The van der Waals surface area contributed by atoms with Crippen LogP contribution in [0.15, 0.2) is 24.5 Å². The number of pyridine rings is 1. The lowest BCUT2D eigenvalue weighted by atomic mass is 10.1. The van der Waals surface area contributed by atoms with Gasteiger partial charge in [-0.3, -0.25) is 19.4 Å². The molecule has 3 N–H and O–H groups in total. The standard InChI is InChI=1S/C17H21N4O5S/c18-14(23)4-1-5-15(24)21-9-13(16-17(21)12(22)8-20-16)27(25,26)10-11-3-2-6-19-7-11/h2-3,5-7,13,16-17,20H,1,4,8-10H2,(H2,18,23). The molecule has 0 spiro atoms. The number of primary amides is 1. The van der Waals surface area contributed by atoms with Crippen molar-refractivity contribution in [1.82, 2.24) is 15.2 Å². The Morgan fingerprint density at radius 2 is 2.19 bits per heavy atom. The van der Waals surface area contributed by atoms with E-state index in [2.05, 4.69) is 10.3 Å². The third kappa shape index (κ3) is 4.16. The summed E-state index contributed by atoms with van der Waals surface area (Å²) in [5.74, 6) is -1.41. The Kier molecular flexibility index (Phi) is 5.56. The van der Waals surface area contributed by atoms with Crippen LogP contribution in [0.4, 0.5) is 0 Å². The predicted molar refractivity (Wildman–Crippen MR) is 95.7 cm³/mol. The molecule has 1 radical (unpaired) electrons. The molecule has 0 aliphatic carbocycles. The molecule has 3 rings (SSSR count). The molecule has 2 fully saturated rings. The minimum atomic E-state index is -3.63. The first-order valence-electron chi connectivity index (χ1n) is 8.58. The molecule has 1 aromatic rings. The SMILES string of the molecule is NC(=O)CC[CH]C(=O)N1CC(S(=O)(=O)Cc2cccnc2)C2NCC(=O)C21. The van der Waals surface area contributed by atoms with E-state index >= 15 is 0 Å². The van der Waals surface area contributed by atoms with Crippen LogP contribution in [0, 0.1) is 6.42 Å². The van der Waals surface area contributed by atoms with Crippen LogP contribution in [0.1, 0.15) is 18.4 Å². The second-order valence-electron chi connectivity index (χ2n) is 6.72. The number of ketones is 1. The summed E-state index contributed by atoms with van der Waals surface area (Å²) in [4.78, 5) is 40.8. The van der Waals surface area contributed by atoms with Crippen molar-refractivity contribution in [3.05, 3.63) is 36.5 Å². The van der Waals surface area contributed by atoms with Crippen molar-refractivity contribution in [3.8, 4) is 0 Å². The number of carbonyl (C=O) groups excluding carboxylic acids is 3. The molecule has 2 amide bonds. The lowest BCUT2D eigenvalue weighted by molar-refractivity contribution is -0.133. The van der Waals surface area contributed by atoms with E-state index in [1.807, 2.05) is 0 Å². The maximum atomic E-state index is 12.9. The van der Waals surface area contributed by atoms with Crippen molar-refractivity contribution in [2.45, 2.75) is 35.9 Å². The van der Waals surface area contributed by atoms with Crippen LogP contribution in [0.3, 0.4) is 0 Å². The maximum Gasteiger partial charge on any atom is 0.227 e. The first-order chi connectivity index (χ1) is 12.8. The molecule has 9 nitrogen and oxygen atoms in total. The summed E-state index contributed by atoms with van der Waals surface area (Å²) in [5, 5.41) is 2.06. The van der Waals surface area contributed by atoms with E-state index in [-0.39, 0.29) is 37.5 Å². The van der Waals surface area contributed by atoms with E-state index < -0.39 is 39.0 Å². The van der Waals surface area contributed by atoms with Crippen LogP contribution in [0.5, 0.6) is 0 Å². The lowest BCUT2D eigenvalue weighted by Gasteiger charge is -2.21. The number of amides is 2. The number of sulfone groups is 1. The van der Waals surface area contributed by atoms with Gasteiger partial charge in [0.1, 0.15) is 6.04 Å². The molecule has 0 saturated carbocycles. The van der Waals surface area contributed by atoms with Gasteiger partial charge in [-0.25, -0.2) is 8.42 Å². The Morgan fingerprint density at radius 1 is 1.41 bits per heavy atom. The number of hydrogen-bond donors (Lipinski definition) is 2. The molecule has 3 unspecified atom stereocenters. The number of nitrogens with zero attached hydrogens (tertiary/aromatic N) is 2. The number of likely N-dealkylation sites (tertiary alicyclic amines) is 1. The number of fused-ring (bicyclic) bond motifs is 1. The summed E-state index contributed by atoms with van der Waals surface area (Å²) >= 11 is 0. The van der Waals surface area contributed by atoms with Gasteiger partial charge in [-0.15, -0.1) is 0 Å². The molecule has 1 aromatic heterocycles. The van der Waals surface area contributed by atoms with Crippen molar-refractivity contribution in [1.29, 1.82) is 0 Å². The first kappa shape index (κ1) is 19.4. The third-order valence-electron chi connectivity index (χ3n) is 4.84. The minimum absolute atomic E-state index is 0.0165. The second-order valence-corrected chi connectivity index (χ2v) is 8.94. The minimum Gasteiger partial charge on any atom is -0.370 e. The van der Waals surface area contributed by atoms with Crippen LogP contribution in [0.2, 0.25) is 0 Å². The Hall–Kier alpha value is -2.33. The Bertz CT molecular complexity index is 842. The van der Waals surface area contributed by atoms with Crippen LogP contribution in [-0.4, -0.2) is 66.3 Å². The van der Waals surface area contributed by atoms with E-state index in [1.54, 1.807) is 18.3 Å². The average molecular weight is 393 g/mol. The molecular weight excluding hydrogens is 372 g/mol. The summed E-state index contributed by atoms with van der Waals surface area (Å²) in [5.41, 5.74) is 5.61. The molecule has 2 aliphatic heterocycles. The van der Waals surface area contributed by atoms with Gasteiger partial charge in [-0.05, 0) is 18.1 Å². The predicted octanol–water partition coefficient (Wildman–Crippen LogP) is -1.41. The molecule has 0 aromatic carbocycles. The fraction of sp³-hybridized carbons (Fsp3) is 0.471. The maximum absolute atomic E-state index is 12.9. The fourth-order valence-corrected chi connectivity index (χ4v) is 5.53. The van der Waals surface area contributed by atoms with Crippen molar-refractivity contribution in [3.63, 3.8) is 0 Å². The zero-order valence-electron chi connectivity index (χ0n) is 14.6. The highest BCUT2D eigenvalue weighted by Crippen LogP contribution is 2.30. The van der Waals surface area contributed by atoms with Crippen LogP contribution in [-0.2, 0) is 30.0 Å². The van der Waals surface area contributed by atoms with Crippen molar-refractivity contribution in [2.24, 2.45) is 5.73 Å². The van der Waals surface area contributed by atoms with Crippen molar-refractivity contribution in [2.75, 3.05) is 13.1 Å². The topological polar surface area (TPSA) is 140 Å². The third-order valence-corrected chi connectivity index (χ3v) is 6.94. The lowest BCUT2D eigenvalue weighted by Crippen LogP contribution is -2.43. The van der Waals surface area contributed by atoms with Gasteiger partial charge in [-0.1, -0.05) is 6.07 Å². The summed E-state index contributed by atoms with van der Waals surface area (Å²) < 4.78 is 25.9. The van der Waals surface area contributed by atoms with Crippen LogP contribution >= 0.6 is 0 Å². The second kappa shape index (κ2) is 7.73. The Balaban J connectivity index is 1.76. The molecule has 3 heterocycles. The van der Waals surface area contributed by atoms with Gasteiger partial charge in [0.25, 0.3) is 0 Å². The monoisotopic (exact) mass is 393 g/mol.